The quantitative estimate of drug-likeness (QED) is 0.902. The summed E-state index contributed by atoms with van der Waals surface area (Å²) in [6.07, 6.45) is 6.06. The van der Waals surface area contributed by atoms with Gasteiger partial charge >= 0.3 is 0 Å². The minimum Gasteiger partial charge on any atom is -0.494 e. The van der Waals surface area contributed by atoms with Gasteiger partial charge in [0, 0.05) is 30.2 Å². The standard InChI is InChI=1S/C13H14FN3O/c1-18-12-5-2-9(8-11(12)14)16-13-15-6-7-17(13)10-3-4-10/h2,5-8,10H,3-4H2,1H3,(H,15,16). The van der Waals surface area contributed by atoms with Crippen LogP contribution in [0.1, 0.15) is 18.9 Å². The van der Waals surface area contributed by atoms with E-state index in [-0.39, 0.29) is 11.6 Å². The molecule has 0 aliphatic heterocycles. The van der Waals surface area contributed by atoms with Crippen LogP contribution in [-0.4, -0.2) is 16.7 Å². The Hall–Kier alpha value is -2.04. The van der Waals surface area contributed by atoms with E-state index in [0.717, 1.165) is 5.95 Å². The van der Waals surface area contributed by atoms with Crippen LogP contribution in [0.25, 0.3) is 0 Å². The van der Waals surface area contributed by atoms with Crippen molar-refractivity contribution in [2.75, 3.05) is 12.4 Å². The molecule has 0 atom stereocenters. The van der Waals surface area contributed by atoms with Crippen LogP contribution in [0.2, 0.25) is 0 Å². The zero-order valence-corrected chi connectivity index (χ0v) is 10.1. The Morgan fingerprint density at radius 2 is 2.28 bits per heavy atom. The van der Waals surface area contributed by atoms with E-state index in [9.17, 15) is 4.39 Å². The molecule has 1 aromatic carbocycles. The summed E-state index contributed by atoms with van der Waals surface area (Å²) in [4.78, 5) is 4.24. The fourth-order valence-electron chi connectivity index (χ4n) is 1.93. The normalized spacial score (nSPS) is 14.6. The fraction of sp³-hybridized carbons (Fsp3) is 0.308. The van der Waals surface area contributed by atoms with Gasteiger partial charge in [0.05, 0.1) is 7.11 Å². The maximum atomic E-state index is 13.6. The Labute approximate surface area is 104 Å². The lowest BCUT2D eigenvalue weighted by atomic mass is 10.3. The van der Waals surface area contributed by atoms with Crippen molar-refractivity contribution in [3.8, 4) is 5.75 Å². The van der Waals surface area contributed by atoms with Crippen molar-refractivity contribution in [2.24, 2.45) is 0 Å². The summed E-state index contributed by atoms with van der Waals surface area (Å²) in [6.45, 7) is 0. The van der Waals surface area contributed by atoms with Crippen molar-refractivity contribution >= 4 is 11.6 Å². The molecule has 1 aromatic heterocycles. The lowest BCUT2D eigenvalue weighted by Gasteiger charge is -2.09. The van der Waals surface area contributed by atoms with Gasteiger partial charge in [0.15, 0.2) is 11.6 Å². The van der Waals surface area contributed by atoms with Crippen LogP contribution in [-0.2, 0) is 0 Å². The molecule has 2 aromatic rings. The highest BCUT2D eigenvalue weighted by atomic mass is 19.1. The van der Waals surface area contributed by atoms with Gasteiger partial charge in [0.1, 0.15) is 0 Å². The molecule has 5 heteroatoms. The maximum absolute atomic E-state index is 13.6. The Kier molecular flexibility index (Phi) is 2.66. The molecule has 0 unspecified atom stereocenters. The van der Waals surface area contributed by atoms with Gasteiger partial charge in [-0.1, -0.05) is 0 Å². The summed E-state index contributed by atoms with van der Waals surface area (Å²) in [5.41, 5.74) is 0.668. The molecule has 94 valence electrons. The van der Waals surface area contributed by atoms with Crippen LogP contribution in [0, 0.1) is 5.82 Å². The number of anilines is 2. The van der Waals surface area contributed by atoms with Gasteiger partial charge in [-0.3, -0.25) is 0 Å². The summed E-state index contributed by atoms with van der Waals surface area (Å²) in [7, 11) is 1.45. The number of hydrogen-bond donors (Lipinski definition) is 1. The molecule has 1 aliphatic rings. The minimum atomic E-state index is -0.382. The van der Waals surface area contributed by atoms with Gasteiger partial charge in [0.25, 0.3) is 0 Å². The van der Waals surface area contributed by atoms with Crippen LogP contribution in [0.4, 0.5) is 16.0 Å². The summed E-state index contributed by atoms with van der Waals surface area (Å²) in [5.74, 6) is 0.611. The number of aromatic nitrogens is 2. The van der Waals surface area contributed by atoms with Crippen molar-refractivity contribution in [1.29, 1.82) is 0 Å². The second-order valence-corrected chi connectivity index (χ2v) is 4.36. The topological polar surface area (TPSA) is 39.1 Å². The predicted molar refractivity (Wildman–Crippen MR) is 66.7 cm³/mol. The van der Waals surface area contributed by atoms with E-state index >= 15 is 0 Å². The number of rotatable bonds is 4. The SMILES string of the molecule is COc1ccc(Nc2nccn2C2CC2)cc1F. The molecule has 1 fully saturated rings. The number of nitrogens with one attached hydrogen (secondary N) is 1. The molecule has 1 aliphatic carbocycles. The molecule has 1 N–H and O–H groups in total. The third kappa shape index (κ3) is 2.03. The monoisotopic (exact) mass is 247 g/mol. The van der Waals surface area contributed by atoms with Crippen LogP contribution in [0.15, 0.2) is 30.6 Å². The number of hydrogen-bond acceptors (Lipinski definition) is 3. The fourth-order valence-corrected chi connectivity index (χ4v) is 1.93. The van der Waals surface area contributed by atoms with Crippen LogP contribution >= 0.6 is 0 Å². The first-order valence-corrected chi connectivity index (χ1v) is 5.91. The van der Waals surface area contributed by atoms with E-state index in [1.807, 2.05) is 6.20 Å². The first-order valence-electron chi connectivity index (χ1n) is 5.91. The molecule has 18 heavy (non-hydrogen) atoms. The molecule has 1 saturated carbocycles. The van der Waals surface area contributed by atoms with Gasteiger partial charge < -0.3 is 14.6 Å². The van der Waals surface area contributed by atoms with Gasteiger partial charge in [-0.2, -0.15) is 0 Å². The molecular formula is C13H14FN3O. The molecular weight excluding hydrogens is 233 g/mol. The smallest absolute Gasteiger partial charge is 0.207 e. The van der Waals surface area contributed by atoms with E-state index in [4.69, 9.17) is 4.74 Å². The lowest BCUT2D eigenvalue weighted by Crippen LogP contribution is -2.01. The van der Waals surface area contributed by atoms with E-state index in [2.05, 4.69) is 14.9 Å². The first kappa shape index (κ1) is 11.1. The van der Waals surface area contributed by atoms with Gasteiger partial charge in [0.2, 0.25) is 5.95 Å². The van der Waals surface area contributed by atoms with E-state index < -0.39 is 0 Å². The first-order chi connectivity index (χ1) is 8.78. The molecule has 0 amide bonds. The largest absolute Gasteiger partial charge is 0.494 e. The van der Waals surface area contributed by atoms with E-state index in [0.29, 0.717) is 11.7 Å². The molecule has 1 heterocycles. The Morgan fingerprint density at radius 1 is 1.44 bits per heavy atom. The number of ether oxygens (including phenoxy) is 1. The highest BCUT2D eigenvalue weighted by Crippen LogP contribution is 2.37. The Bertz CT molecular complexity index is 563. The van der Waals surface area contributed by atoms with Gasteiger partial charge in [-0.25, -0.2) is 9.37 Å². The second-order valence-electron chi connectivity index (χ2n) is 4.36. The molecule has 4 nitrogen and oxygen atoms in total. The van der Waals surface area contributed by atoms with Gasteiger partial charge in [-0.15, -0.1) is 0 Å². The number of imidazole rings is 1. The zero-order valence-electron chi connectivity index (χ0n) is 10.1. The van der Waals surface area contributed by atoms with Crippen molar-refractivity contribution in [3.05, 3.63) is 36.4 Å². The van der Waals surface area contributed by atoms with Crippen molar-refractivity contribution in [3.63, 3.8) is 0 Å². The van der Waals surface area contributed by atoms with Crippen LogP contribution in [0.5, 0.6) is 5.75 Å². The molecule has 3 rings (SSSR count). The Balaban J connectivity index is 1.83. The molecule has 0 radical (unpaired) electrons. The van der Waals surface area contributed by atoms with Crippen LogP contribution in [0.3, 0.4) is 0 Å². The third-order valence-corrected chi connectivity index (χ3v) is 3.02. The average Bonchev–Trinajstić information content (AvgIpc) is 3.11. The summed E-state index contributed by atoms with van der Waals surface area (Å²) >= 11 is 0. The second kappa shape index (κ2) is 4.33. The molecule has 0 bridgehead atoms. The van der Waals surface area contributed by atoms with Crippen molar-refractivity contribution in [1.82, 2.24) is 9.55 Å². The highest BCUT2D eigenvalue weighted by molar-refractivity contribution is 5.55. The van der Waals surface area contributed by atoms with Crippen LogP contribution < -0.4 is 10.1 Å². The van der Waals surface area contributed by atoms with E-state index in [1.54, 1.807) is 18.3 Å². The number of methoxy groups -OCH3 is 1. The zero-order chi connectivity index (χ0) is 12.5. The average molecular weight is 247 g/mol. The van der Waals surface area contributed by atoms with Crippen molar-refractivity contribution < 1.29 is 9.13 Å². The predicted octanol–water partition coefficient (Wildman–Crippen LogP) is 3.11. The number of benzene rings is 1. The third-order valence-electron chi connectivity index (χ3n) is 3.02. The maximum Gasteiger partial charge on any atom is 0.207 e. The molecule has 0 saturated heterocycles. The number of nitrogens with zero attached hydrogens (tertiary/aromatic N) is 2. The summed E-state index contributed by atoms with van der Waals surface area (Å²) in [5, 5.41) is 3.12. The Morgan fingerprint density at radius 3 is 2.94 bits per heavy atom. The van der Waals surface area contributed by atoms with Crippen molar-refractivity contribution in [2.45, 2.75) is 18.9 Å². The minimum absolute atomic E-state index is 0.242. The number of halogens is 1. The summed E-state index contributed by atoms with van der Waals surface area (Å²) < 4.78 is 20.5. The summed E-state index contributed by atoms with van der Waals surface area (Å²) in [6, 6.07) is 5.32. The highest BCUT2D eigenvalue weighted by Gasteiger charge is 2.25. The lowest BCUT2D eigenvalue weighted by molar-refractivity contribution is 0.386. The van der Waals surface area contributed by atoms with Gasteiger partial charge in [-0.05, 0) is 25.0 Å². The molecule has 0 spiro atoms. The van der Waals surface area contributed by atoms with E-state index in [1.165, 1.54) is 26.0 Å².